The fraction of sp³-hybridized carbons (Fsp3) is 0.370. The number of nitrogens with one attached hydrogen (secondary N) is 2. The Balaban J connectivity index is 1.96. The Morgan fingerprint density at radius 3 is 2.09 bits per heavy atom. The largest absolute Gasteiger partial charge is 0.480 e. The van der Waals surface area contributed by atoms with Crippen molar-refractivity contribution < 1.29 is 24.2 Å². The van der Waals surface area contributed by atoms with Crippen LogP contribution in [0.25, 0.3) is 0 Å². The Kier molecular flexibility index (Phi) is 12.0. The minimum Gasteiger partial charge on any atom is -0.480 e. The maximum Gasteiger partial charge on any atom is 0.408 e. The SMILES string of the molecule is C=CCCCCCC[C@@H](NC(=O)[C@H](Cc1ccccc1)NC(=O)OCc1ccccc1)C(=O)O. The number of benzene rings is 2. The van der Waals surface area contributed by atoms with Crippen LogP contribution < -0.4 is 10.6 Å². The topological polar surface area (TPSA) is 105 Å². The Morgan fingerprint density at radius 1 is 0.853 bits per heavy atom. The molecule has 2 aromatic carbocycles. The van der Waals surface area contributed by atoms with Gasteiger partial charge in [0.2, 0.25) is 5.91 Å². The summed E-state index contributed by atoms with van der Waals surface area (Å²) in [4.78, 5) is 37.1. The van der Waals surface area contributed by atoms with Gasteiger partial charge in [-0.15, -0.1) is 6.58 Å². The molecule has 7 heteroatoms. The number of carbonyl (C=O) groups is 3. The van der Waals surface area contributed by atoms with Crippen molar-refractivity contribution in [3.63, 3.8) is 0 Å². The molecule has 0 saturated heterocycles. The second-order valence-corrected chi connectivity index (χ2v) is 8.13. The van der Waals surface area contributed by atoms with E-state index in [1.807, 2.05) is 66.7 Å². The first-order valence-corrected chi connectivity index (χ1v) is 11.6. The molecule has 2 atom stereocenters. The van der Waals surface area contributed by atoms with Gasteiger partial charge in [-0.3, -0.25) is 4.79 Å². The Morgan fingerprint density at radius 2 is 1.47 bits per heavy atom. The van der Waals surface area contributed by atoms with Crippen molar-refractivity contribution in [1.29, 1.82) is 0 Å². The van der Waals surface area contributed by atoms with Crippen molar-refractivity contribution in [2.75, 3.05) is 0 Å². The molecule has 0 aliphatic heterocycles. The van der Waals surface area contributed by atoms with Crippen LogP contribution in [0.1, 0.15) is 49.7 Å². The first kappa shape index (κ1) is 26.6. The lowest BCUT2D eigenvalue weighted by molar-refractivity contribution is -0.142. The summed E-state index contributed by atoms with van der Waals surface area (Å²) >= 11 is 0. The number of aliphatic carboxylic acids is 1. The van der Waals surface area contributed by atoms with E-state index in [-0.39, 0.29) is 13.0 Å². The number of ether oxygens (including phenoxy) is 1. The van der Waals surface area contributed by atoms with Gasteiger partial charge in [0.1, 0.15) is 18.7 Å². The lowest BCUT2D eigenvalue weighted by Crippen LogP contribution is -2.52. The highest BCUT2D eigenvalue weighted by molar-refractivity contribution is 5.89. The van der Waals surface area contributed by atoms with Gasteiger partial charge >= 0.3 is 12.1 Å². The highest BCUT2D eigenvalue weighted by Gasteiger charge is 2.27. The third-order valence-electron chi connectivity index (χ3n) is 5.37. The molecule has 2 rings (SSSR count). The van der Waals surface area contributed by atoms with Gasteiger partial charge in [-0.25, -0.2) is 9.59 Å². The van der Waals surface area contributed by atoms with E-state index in [1.54, 1.807) is 0 Å². The van der Waals surface area contributed by atoms with Crippen LogP contribution >= 0.6 is 0 Å². The van der Waals surface area contributed by atoms with E-state index >= 15 is 0 Å². The zero-order valence-electron chi connectivity index (χ0n) is 19.4. The number of alkyl carbamates (subject to hydrolysis) is 1. The molecule has 0 bridgehead atoms. The van der Waals surface area contributed by atoms with Crippen molar-refractivity contribution in [3.8, 4) is 0 Å². The predicted octanol–water partition coefficient (Wildman–Crippen LogP) is 4.62. The first-order valence-electron chi connectivity index (χ1n) is 11.6. The van der Waals surface area contributed by atoms with E-state index in [4.69, 9.17) is 4.74 Å². The highest BCUT2D eigenvalue weighted by Crippen LogP contribution is 2.10. The number of unbranched alkanes of at least 4 members (excludes halogenated alkanes) is 4. The van der Waals surface area contributed by atoms with E-state index in [0.717, 1.165) is 36.8 Å². The molecular formula is C27H34N2O5. The lowest BCUT2D eigenvalue weighted by atomic mass is 10.0. The lowest BCUT2D eigenvalue weighted by Gasteiger charge is -2.21. The van der Waals surface area contributed by atoms with Gasteiger partial charge in [0.25, 0.3) is 0 Å². The molecule has 2 amide bonds. The van der Waals surface area contributed by atoms with Crippen molar-refractivity contribution in [3.05, 3.63) is 84.4 Å². The van der Waals surface area contributed by atoms with Gasteiger partial charge in [0, 0.05) is 6.42 Å². The summed E-state index contributed by atoms with van der Waals surface area (Å²) in [6.45, 7) is 3.76. The number of hydrogen-bond donors (Lipinski definition) is 3. The molecule has 0 aromatic heterocycles. The van der Waals surface area contributed by atoms with Gasteiger partial charge in [0.15, 0.2) is 0 Å². The number of carboxylic acids is 1. The summed E-state index contributed by atoms with van der Waals surface area (Å²) in [7, 11) is 0. The molecule has 0 saturated carbocycles. The number of hydrogen-bond acceptors (Lipinski definition) is 4. The zero-order chi connectivity index (χ0) is 24.6. The smallest absolute Gasteiger partial charge is 0.408 e. The molecular weight excluding hydrogens is 432 g/mol. The maximum atomic E-state index is 13.0. The summed E-state index contributed by atoms with van der Waals surface area (Å²) in [5.74, 6) is -1.65. The zero-order valence-corrected chi connectivity index (χ0v) is 19.4. The standard InChI is InChI=1S/C27H34N2O5/c1-2-3-4-5-6-13-18-23(26(31)32)28-25(30)24(19-21-14-9-7-10-15-21)29-27(33)34-20-22-16-11-8-12-17-22/h2,7-12,14-17,23-24H,1,3-6,13,18-20H2,(H,28,30)(H,29,33)(H,31,32)/t23-,24+/m1/s1. The average Bonchev–Trinajstić information content (AvgIpc) is 2.84. The minimum absolute atomic E-state index is 0.0654. The quantitative estimate of drug-likeness (QED) is 0.262. The van der Waals surface area contributed by atoms with Crippen molar-refractivity contribution in [1.82, 2.24) is 10.6 Å². The first-order chi connectivity index (χ1) is 16.5. The normalized spacial score (nSPS) is 12.2. The Hall–Kier alpha value is -3.61. The van der Waals surface area contributed by atoms with Crippen LogP contribution in [-0.4, -0.2) is 35.2 Å². The van der Waals surface area contributed by atoms with E-state index in [1.165, 1.54) is 0 Å². The van der Waals surface area contributed by atoms with Crippen LogP contribution in [0.15, 0.2) is 73.3 Å². The Labute approximate surface area is 201 Å². The van der Waals surface area contributed by atoms with E-state index in [9.17, 15) is 19.5 Å². The Bertz CT molecular complexity index is 902. The number of allylic oxidation sites excluding steroid dienone is 1. The van der Waals surface area contributed by atoms with E-state index in [2.05, 4.69) is 17.2 Å². The van der Waals surface area contributed by atoms with E-state index in [0.29, 0.717) is 12.8 Å². The second-order valence-electron chi connectivity index (χ2n) is 8.13. The molecule has 0 fully saturated rings. The predicted molar refractivity (Wildman–Crippen MR) is 131 cm³/mol. The van der Waals surface area contributed by atoms with Gasteiger partial charge < -0.3 is 20.5 Å². The summed E-state index contributed by atoms with van der Waals surface area (Å²) in [5, 5.41) is 14.8. The fourth-order valence-electron chi connectivity index (χ4n) is 3.49. The molecule has 182 valence electrons. The number of carbonyl (C=O) groups excluding carboxylic acids is 2. The van der Waals surface area contributed by atoms with E-state index < -0.39 is 30.1 Å². The number of amides is 2. The molecule has 0 radical (unpaired) electrons. The van der Waals surface area contributed by atoms with Gasteiger partial charge in [-0.05, 0) is 30.4 Å². The minimum atomic E-state index is -1.09. The van der Waals surface area contributed by atoms with Crippen LogP contribution in [0.4, 0.5) is 4.79 Å². The summed E-state index contributed by atoms with van der Waals surface area (Å²) < 4.78 is 5.26. The molecule has 0 unspecified atom stereocenters. The average molecular weight is 467 g/mol. The monoisotopic (exact) mass is 466 g/mol. The molecule has 0 aliphatic carbocycles. The third kappa shape index (κ3) is 10.3. The van der Waals surface area contributed by atoms with Crippen molar-refractivity contribution >= 4 is 18.0 Å². The number of rotatable bonds is 15. The van der Waals surface area contributed by atoms with Gasteiger partial charge in [0.05, 0.1) is 0 Å². The summed E-state index contributed by atoms with van der Waals surface area (Å²) in [5.41, 5.74) is 1.65. The van der Waals surface area contributed by atoms with Crippen LogP contribution in [0.3, 0.4) is 0 Å². The van der Waals surface area contributed by atoms with Crippen molar-refractivity contribution in [2.45, 2.75) is 63.6 Å². The molecule has 2 aromatic rings. The summed E-state index contributed by atoms with van der Waals surface area (Å²) in [6, 6.07) is 16.4. The van der Waals surface area contributed by atoms with Crippen LogP contribution in [-0.2, 0) is 27.4 Å². The molecule has 0 heterocycles. The van der Waals surface area contributed by atoms with Crippen LogP contribution in [0.2, 0.25) is 0 Å². The summed E-state index contributed by atoms with van der Waals surface area (Å²) in [6.07, 6.45) is 6.16. The molecule has 7 nitrogen and oxygen atoms in total. The molecule has 3 N–H and O–H groups in total. The molecule has 0 spiro atoms. The maximum absolute atomic E-state index is 13.0. The van der Waals surface area contributed by atoms with Crippen LogP contribution in [0, 0.1) is 0 Å². The molecule has 34 heavy (non-hydrogen) atoms. The highest BCUT2D eigenvalue weighted by atomic mass is 16.5. The van der Waals surface area contributed by atoms with Crippen LogP contribution in [0.5, 0.6) is 0 Å². The van der Waals surface area contributed by atoms with Crippen molar-refractivity contribution in [2.24, 2.45) is 0 Å². The number of carboxylic acid groups (broad SMARTS) is 1. The fourth-order valence-corrected chi connectivity index (χ4v) is 3.49. The van der Waals surface area contributed by atoms with Gasteiger partial charge in [-0.2, -0.15) is 0 Å². The molecule has 0 aliphatic rings. The second kappa shape index (κ2) is 15.3. The third-order valence-corrected chi connectivity index (χ3v) is 5.37. The van der Waals surface area contributed by atoms with Gasteiger partial charge in [-0.1, -0.05) is 86.0 Å².